The molecule has 1 aliphatic heterocycles. The van der Waals surface area contributed by atoms with Crippen LogP contribution >= 0.6 is 0 Å². The Balaban J connectivity index is 1.69. The summed E-state index contributed by atoms with van der Waals surface area (Å²) >= 11 is 0. The summed E-state index contributed by atoms with van der Waals surface area (Å²) in [5.41, 5.74) is 0.636. The van der Waals surface area contributed by atoms with Crippen molar-refractivity contribution in [1.82, 2.24) is 4.90 Å². The van der Waals surface area contributed by atoms with Gasteiger partial charge < -0.3 is 19.5 Å². The molecule has 1 fully saturated rings. The molecular weight excluding hydrogens is 324 g/mol. The van der Waals surface area contributed by atoms with Crippen molar-refractivity contribution in [3.8, 4) is 5.75 Å². The van der Waals surface area contributed by atoms with Crippen LogP contribution in [0, 0.1) is 0 Å². The van der Waals surface area contributed by atoms with Gasteiger partial charge in [-0.05, 0) is 38.1 Å². The molecule has 0 bridgehead atoms. The van der Waals surface area contributed by atoms with Gasteiger partial charge in [-0.15, -0.1) is 0 Å². The van der Waals surface area contributed by atoms with E-state index in [-0.39, 0.29) is 18.5 Å². The van der Waals surface area contributed by atoms with Crippen LogP contribution in [-0.2, 0) is 4.74 Å². The smallest absolute Gasteiger partial charge is 0.410 e. The third-order valence-corrected chi connectivity index (χ3v) is 4.22. The monoisotopic (exact) mass is 351 g/mol. The molecule has 1 aromatic carbocycles. The molecule has 1 atom stereocenters. The van der Waals surface area contributed by atoms with E-state index in [0.29, 0.717) is 37.6 Å². The Morgan fingerprint density at radius 1 is 1.24 bits per heavy atom. The first-order valence-electron chi connectivity index (χ1n) is 8.66. The molecule has 2 N–H and O–H groups in total. The summed E-state index contributed by atoms with van der Waals surface area (Å²) in [5.74, 6) is 0.642. The summed E-state index contributed by atoms with van der Waals surface area (Å²) in [6.07, 6.45) is -0.851. The molecular formula is C18H27N2O5+. The third-order valence-electron chi connectivity index (χ3n) is 4.22. The Kier molecular flexibility index (Phi) is 7.21. The molecule has 1 aromatic rings. The number of hydrogen-bond donors (Lipinski definition) is 2. The van der Waals surface area contributed by atoms with Crippen LogP contribution in [0.25, 0.3) is 0 Å². The minimum absolute atomic E-state index is 0.0112. The van der Waals surface area contributed by atoms with Gasteiger partial charge in [0.1, 0.15) is 25.0 Å². The molecule has 2 rings (SSSR count). The van der Waals surface area contributed by atoms with E-state index >= 15 is 0 Å². The van der Waals surface area contributed by atoms with Crippen molar-refractivity contribution in [1.29, 1.82) is 0 Å². The number of piperazine rings is 1. The van der Waals surface area contributed by atoms with Crippen LogP contribution in [0.2, 0.25) is 0 Å². The van der Waals surface area contributed by atoms with Gasteiger partial charge in [0, 0.05) is 5.56 Å². The molecule has 0 saturated carbocycles. The summed E-state index contributed by atoms with van der Waals surface area (Å²) in [4.78, 5) is 25.8. The molecule has 0 spiro atoms. The van der Waals surface area contributed by atoms with Gasteiger partial charge in [0.25, 0.3) is 0 Å². The fraction of sp³-hybridized carbons (Fsp3) is 0.556. The van der Waals surface area contributed by atoms with E-state index in [0.717, 1.165) is 13.1 Å². The minimum atomic E-state index is -0.586. The predicted octanol–water partition coefficient (Wildman–Crippen LogP) is -0.0141. The third kappa shape index (κ3) is 6.03. The number of rotatable bonds is 7. The molecule has 1 heterocycles. The molecule has 7 nitrogen and oxygen atoms in total. The van der Waals surface area contributed by atoms with Gasteiger partial charge in [0.05, 0.1) is 32.8 Å². The van der Waals surface area contributed by atoms with E-state index in [2.05, 4.69) is 0 Å². The summed E-state index contributed by atoms with van der Waals surface area (Å²) in [6, 6.07) is 6.89. The summed E-state index contributed by atoms with van der Waals surface area (Å²) < 4.78 is 10.6. The number of carbonyl (C=O) groups excluding carboxylic acids is 2. The first-order valence-corrected chi connectivity index (χ1v) is 8.66. The molecule has 1 amide bonds. The standard InChI is InChI=1S/C18H26N2O5/c1-3-24-18(23)20-10-8-19(9-11-20)12-16(22)13-25-17-6-4-15(5-7-17)14(2)21/h4-7,16,22H,3,8-13H2,1-2H3/p+1/t16-/m1/s1. The fourth-order valence-corrected chi connectivity index (χ4v) is 2.79. The number of amides is 1. The van der Waals surface area contributed by atoms with Gasteiger partial charge in [-0.2, -0.15) is 0 Å². The van der Waals surface area contributed by atoms with E-state index in [1.54, 1.807) is 36.1 Å². The number of hydrogen-bond acceptors (Lipinski definition) is 5. The molecule has 0 aliphatic carbocycles. The first-order chi connectivity index (χ1) is 12.0. The summed E-state index contributed by atoms with van der Waals surface area (Å²) in [5, 5.41) is 10.2. The molecule has 0 aromatic heterocycles. The van der Waals surface area contributed by atoms with Crippen molar-refractivity contribution >= 4 is 11.9 Å². The Hall–Kier alpha value is -2.12. The quantitative estimate of drug-likeness (QED) is 0.675. The number of ketones is 1. The van der Waals surface area contributed by atoms with E-state index in [1.807, 2.05) is 0 Å². The summed E-state index contributed by atoms with van der Waals surface area (Å²) in [6.45, 7) is 7.30. The molecule has 25 heavy (non-hydrogen) atoms. The van der Waals surface area contributed by atoms with E-state index < -0.39 is 6.10 Å². The molecule has 1 saturated heterocycles. The van der Waals surface area contributed by atoms with Crippen LogP contribution in [0.15, 0.2) is 24.3 Å². The van der Waals surface area contributed by atoms with Gasteiger partial charge in [0.15, 0.2) is 5.78 Å². The largest absolute Gasteiger partial charge is 0.491 e. The predicted molar refractivity (Wildman–Crippen MR) is 92.1 cm³/mol. The van der Waals surface area contributed by atoms with Crippen molar-refractivity contribution in [3.63, 3.8) is 0 Å². The van der Waals surface area contributed by atoms with Crippen LogP contribution in [0.4, 0.5) is 4.79 Å². The molecule has 7 heteroatoms. The zero-order valence-corrected chi connectivity index (χ0v) is 14.9. The topological polar surface area (TPSA) is 80.5 Å². The Labute approximate surface area is 148 Å². The Morgan fingerprint density at radius 2 is 1.88 bits per heavy atom. The number of aliphatic hydroxyl groups is 1. The number of nitrogens with zero attached hydrogens (tertiary/aromatic N) is 1. The van der Waals surface area contributed by atoms with Crippen LogP contribution in [0.3, 0.4) is 0 Å². The van der Waals surface area contributed by atoms with Crippen LogP contribution < -0.4 is 9.64 Å². The maximum Gasteiger partial charge on any atom is 0.410 e. The average molecular weight is 351 g/mol. The lowest BCUT2D eigenvalue weighted by atomic mass is 10.1. The highest BCUT2D eigenvalue weighted by molar-refractivity contribution is 5.94. The number of aliphatic hydroxyl groups excluding tert-OH is 1. The first kappa shape index (κ1) is 19.2. The zero-order valence-electron chi connectivity index (χ0n) is 14.9. The van der Waals surface area contributed by atoms with Gasteiger partial charge in [-0.3, -0.25) is 9.69 Å². The van der Waals surface area contributed by atoms with Crippen LogP contribution in [0.1, 0.15) is 24.2 Å². The van der Waals surface area contributed by atoms with Gasteiger partial charge in [-0.1, -0.05) is 0 Å². The fourth-order valence-electron chi connectivity index (χ4n) is 2.79. The lowest BCUT2D eigenvalue weighted by molar-refractivity contribution is -0.907. The van der Waals surface area contributed by atoms with Crippen molar-refractivity contribution in [2.45, 2.75) is 20.0 Å². The second kappa shape index (κ2) is 9.39. The highest BCUT2D eigenvalue weighted by Gasteiger charge is 2.26. The van der Waals surface area contributed by atoms with Crippen LogP contribution in [0.5, 0.6) is 5.75 Å². The zero-order chi connectivity index (χ0) is 18.2. The molecule has 0 unspecified atom stereocenters. The second-order valence-corrected chi connectivity index (χ2v) is 6.19. The van der Waals surface area contributed by atoms with Crippen LogP contribution in [-0.4, -0.2) is 73.9 Å². The number of Topliss-reactive ketones (excluding diaryl/α,β-unsaturated/α-hetero) is 1. The lowest BCUT2D eigenvalue weighted by Crippen LogP contribution is -3.16. The van der Waals surface area contributed by atoms with E-state index in [4.69, 9.17) is 9.47 Å². The molecule has 1 aliphatic rings. The number of quaternary nitrogens is 1. The van der Waals surface area contributed by atoms with Gasteiger partial charge in [0.2, 0.25) is 0 Å². The minimum Gasteiger partial charge on any atom is -0.491 e. The van der Waals surface area contributed by atoms with Crippen molar-refractivity contribution in [2.24, 2.45) is 0 Å². The SMILES string of the molecule is CCOC(=O)N1CC[NH+](C[C@@H](O)COc2ccc(C(C)=O)cc2)CC1. The number of nitrogens with one attached hydrogen (secondary N) is 1. The van der Waals surface area contributed by atoms with Gasteiger partial charge in [-0.25, -0.2) is 4.79 Å². The number of carbonyl (C=O) groups is 2. The highest BCUT2D eigenvalue weighted by Crippen LogP contribution is 2.12. The average Bonchev–Trinajstić information content (AvgIpc) is 2.61. The Morgan fingerprint density at radius 3 is 2.44 bits per heavy atom. The number of ether oxygens (including phenoxy) is 2. The normalized spacial score (nSPS) is 16.4. The van der Waals surface area contributed by atoms with E-state index in [9.17, 15) is 14.7 Å². The highest BCUT2D eigenvalue weighted by atomic mass is 16.6. The number of benzene rings is 1. The lowest BCUT2D eigenvalue weighted by Gasteiger charge is -2.32. The second-order valence-electron chi connectivity index (χ2n) is 6.19. The van der Waals surface area contributed by atoms with Crippen molar-refractivity contribution in [2.75, 3.05) is 45.9 Å². The maximum absolute atomic E-state index is 11.7. The molecule has 138 valence electrons. The maximum atomic E-state index is 11.7. The summed E-state index contributed by atoms with van der Waals surface area (Å²) in [7, 11) is 0. The van der Waals surface area contributed by atoms with Crippen molar-refractivity contribution in [3.05, 3.63) is 29.8 Å². The Bertz CT molecular complexity index is 567. The van der Waals surface area contributed by atoms with Gasteiger partial charge >= 0.3 is 6.09 Å². The van der Waals surface area contributed by atoms with Crippen molar-refractivity contribution < 1.29 is 29.1 Å². The molecule has 0 radical (unpaired) electrons. The van der Waals surface area contributed by atoms with E-state index in [1.165, 1.54) is 11.8 Å².